The van der Waals surface area contributed by atoms with Gasteiger partial charge in [-0.1, -0.05) is 13.8 Å². The van der Waals surface area contributed by atoms with Gasteiger partial charge in [-0.05, 0) is 49.2 Å². The number of furan rings is 1. The summed E-state index contributed by atoms with van der Waals surface area (Å²) in [5.41, 5.74) is 0.860. The van der Waals surface area contributed by atoms with Crippen molar-refractivity contribution in [3.05, 3.63) is 42.2 Å². The molecule has 27 heavy (non-hydrogen) atoms. The number of hydrogen-bond acceptors (Lipinski definition) is 5. The Morgan fingerprint density at radius 1 is 1.11 bits per heavy atom. The summed E-state index contributed by atoms with van der Waals surface area (Å²) in [6.45, 7) is 6.93. The molecular weight excluding hydrogens is 364 g/mol. The molecule has 1 aromatic carbocycles. The second-order valence-corrected chi connectivity index (χ2v) is 8.58. The molecule has 2 heterocycles. The van der Waals surface area contributed by atoms with Gasteiger partial charge >= 0.3 is 0 Å². The van der Waals surface area contributed by atoms with Gasteiger partial charge < -0.3 is 14.5 Å². The van der Waals surface area contributed by atoms with E-state index in [1.165, 1.54) is 4.31 Å². The standard InChI is InChI=1S/C20H28N2O4S/c1-3-22(4-2)27(23,24)19-10-7-16(8-11-19)20-12-9-18(26-20)15-21-14-17-6-5-13-25-17/h7-12,17,21H,3-6,13-15H2,1-2H3/t17-/m0/s1. The van der Waals surface area contributed by atoms with Crippen molar-refractivity contribution >= 4 is 10.0 Å². The van der Waals surface area contributed by atoms with Crippen LogP contribution >= 0.6 is 0 Å². The lowest BCUT2D eigenvalue weighted by atomic mass is 10.2. The average molecular weight is 393 g/mol. The van der Waals surface area contributed by atoms with Crippen molar-refractivity contribution in [2.75, 3.05) is 26.2 Å². The first kappa shape index (κ1) is 20.1. The van der Waals surface area contributed by atoms with E-state index >= 15 is 0 Å². The molecule has 1 saturated heterocycles. The van der Waals surface area contributed by atoms with Crippen molar-refractivity contribution in [1.29, 1.82) is 0 Å². The molecule has 6 nitrogen and oxygen atoms in total. The summed E-state index contributed by atoms with van der Waals surface area (Å²) in [7, 11) is -3.43. The van der Waals surface area contributed by atoms with Crippen LogP contribution in [-0.2, 0) is 21.3 Å². The SMILES string of the molecule is CCN(CC)S(=O)(=O)c1ccc(-c2ccc(CNC[C@@H]3CCCO3)o2)cc1. The normalized spacial score (nSPS) is 17.7. The molecule has 0 aliphatic carbocycles. The molecule has 0 bridgehead atoms. The molecule has 0 saturated carbocycles. The van der Waals surface area contributed by atoms with E-state index in [1.54, 1.807) is 24.3 Å². The van der Waals surface area contributed by atoms with Crippen LogP contribution in [0.4, 0.5) is 0 Å². The maximum atomic E-state index is 12.6. The van der Waals surface area contributed by atoms with Crippen LogP contribution in [0, 0.1) is 0 Å². The largest absolute Gasteiger partial charge is 0.460 e. The second-order valence-electron chi connectivity index (χ2n) is 6.65. The summed E-state index contributed by atoms with van der Waals surface area (Å²) in [5.74, 6) is 1.58. The van der Waals surface area contributed by atoms with Crippen LogP contribution in [0.25, 0.3) is 11.3 Å². The number of nitrogens with one attached hydrogen (secondary N) is 1. The third-order valence-corrected chi connectivity index (χ3v) is 6.90. The van der Waals surface area contributed by atoms with Crippen LogP contribution in [0.5, 0.6) is 0 Å². The molecule has 1 atom stereocenters. The van der Waals surface area contributed by atoms with Crippen LogP contribution < -0.4 is 5.32 Å². The number of sulfonamides is 1. The van der Waals surface area contributed by atoms with Crippen LogP contribution in [0.15, 0.2) is 45.7 Å². The number of hydrogen-bond donors (Lipinski definition) is 1. The van der Waals surface area contributed by atoms with Crippen LogP contribution in [0.2, 0.25) is 0 Å². The maximum Gasteiger partial charge on any atom is 0.243 e. The first-order valence-electron chi connectivity index (χ1n) is 9.56. The van der Waals surface area contributed by atoms with Gasteiger partial charge in [0, 0.05) is 31.8 Å². The van der Waals surface area contributed by atoms with Gasteiger partial charge in [-0.15, -0.1) is 0 Å². The van der Waals surface area contributed by atoms with Gasteiger partial charge in [-0.2, -0.15) is 4.31 Å². The molecule has 1 N–H and O–H groups in total. The molecule has 1 aromatic heterocycles. The molecule has 1 aliphatic heterocycles. The highest BCUT2D eigenvalue weighted by atomic mass is 32.2. The van der Waals surface area contributed by atoms with Gasteiger partial charge in [-0.3, -0.25) is 0 Å². The van der Waals surface area contributed by atoms with Crippen molar-refractivity contribution in [3.63, 3.8) is 0 Å². The summed E-state index contributed by atoms with van der Waals surface area (Å²) < 4.78 is 38.0. The molecule has 0 amide bonds. The maximum absolute atomic E-state index is 12.6. The Hall–Kier alpha value is -1.67. The van der Waals surface area contributed by atoms with Gasteiger partial charge in [0.1, 0.15) is 11.5 Å². The van der Waals surface area contributed by atoms with Crippen LogP contribution in [0.3, 0.4) is 0 Å². The van der Waals surface area contributed by atoms with Crippen molar-refractivity contribution in [1.82, 2.24) is 9.62 Å². The minimum atomic E-state index is -3.43. The first-order valence-corrected chi connectivity index (χ1v) is 11.0. The Balaban J connectivity index is 1.62. The summed E-state index contributed by atoms with van der Waals surface area (Å²) in [5, 5.41) is 3.36. The van der Waals surface area contributed by atoms with E-state index in [2.05, 4.69) is 5.32 Å². The zero-order valence-electron chi connectivity index (χ0n) is 16.0. The van der Waals surface area contributed by atoms with E-state index in [0.717, 1.165) is 43.1 Å². The Bertz CT molecular complexity index is 820. The fourth-order valence-electron chi connectivity index (χ4n) is 3.29. The van der Waals surface area contributed by atoms with Crippen molar-refractivity contribution in [2.45, 2.75) is 44.2 Å². The lowest BCUT2D eigenvalue weighted by Gasteiger charge is -2.18. The van der Waals surface area contributed by atoms with Crippen molar-refractivity contribution in [2.24, 2.45) is 0 Å². The highest BCUT2D eigenvalue weighted by Crippen LogP contribution is 2.25. The Kier molecular flexibility index (Phi) is 6.70. The summed E-state index contributed by atoms with van der Waals surface area (Å²) in [4.78, 5) is 0.306. The third-order valence-electron chi connectivity index (χ3n) is 4.84. The molecule has 0 radical (unpaired) electrons. The highest BCUT2D eigenvalue weighted by Gasteiger charge is 2.21. The number of ether oxygens (including phenoxy) is 1. The Morgan fingerprint density at radius 3 is 2.48 bits per heavy atom. The highest BCUT2D eigenvalue weighted by molar-refractivity contribution is 7.89. The molecule has 2 aromatic rings. The molecule has 1 aliphatic rings. The summed E-state index contributed by atoms with van der Waals surface area (Å²) >= 11 is 0. The van der Waals surface area contributed by atoms with E-state index in [4.69, 9.17) is 9.15 Å². The zero-order chi connectivity index (χ0) is 19.3. The Morgan fingerprint density at radius 2 is 1.85 bits per heavy atom. The zero-order valence-corrected chi connectivity index (χ0v) is 16.8. The Labute approximate surface area is 161 Å². The third kappa shape index (κ3) is 4.79. The molecular formula is C20H28N2O4S. The summed E-state index contributed by atoms with van der Waals surface area (Å²) in [6, 6.07) is 10.7. The molecule has 148 valence electrons. The van der Waals surface area contributed by atoms with E-state index in [9.17, 15) is 8.42 Å². The monoisotopic (exact) mass is 392 g/mol. The predicted molar refractivity (Wildman–Crippen MR) is 105 cm³/mol. The van der Waals surface area contributed by atoms with Crippen LogP contribution in [0.1, 0.15) is 32.4 Å². The molecule has 0 unspecified atom stereocenters. The minimum Gasteiger partial charge on any atom is -0.460 e. The number of benzene rings is 1. The van der Waals surface area contributed by atoms with Crippen molar-refractivity contribution in [3.8, 4) is 11.3 Å². The van der Waals surface area contributed by atoms with Gasteiger partial charge in [0.05, 0.1) is 17.5 Å². The van der Waals surface area contributed by atoms with Gasteiger partial charge in [-0.25, -0.2) is 8.42 Å². The van der Waals surface area contributed by atoms with Gasteiger partial charge in [0.15, 0.2) is 0 Å². The van der Waals surface area contributed by atoms with Gasteiger partial charge in [0.25, 0.3) is 0 Å². The number of nitrogens with zero attached hydrogens (tertiary/aromatic N) is 1. The van der Waals surface area contributed by atoms with E-state index in [0.29, 0.717) is 30.6 Å². The summed E-state index contributed by atoms with van der Waals surface area (Å²) in [6.07, 6.45) is 2.55. The lowest BCUT2D eigenvalue weighted by molar-refractivity contribution is 0.109. The molecule has 0 spiro atoms. The fourth-order valence-corrected chi connectivity index (χ4v) is 4.75. The quantitative estimate of drug-likeness (QED) is 0.709. The molecule has 7 heteroatoms. The molecule has 1 fully saturated rings. The fraction of sp³-hybridized carbons (Fsp3) is 0.500. The van der Waals surface area contributed by atoms with E-state index in [-0.39, 0.29) is 0 Å². The lowest BCUT2D eigenvalue weighted by Crippen LogP contribution is -2.30. The van der Waals surface area contributed by atoms with E-state index < -0.39 is 10.0 Å². The smallest absolute Gasteiger partial charge is 0.243 e. The average Bonchev–Trinajstić information content (AvgIpc) is 3.35. The minimum absolute atomic E-state index is 0.305. The predicted octanol–water partition coefficient (Wildman–Crippen LogP) is 3.25. The van der Waals surface area contributed by atoms with Gasteiger partial charge in [0.2, 0.25) is 10.0 Å². The molecule has 3 rings (SSSR count). The van der Waals surface area contributed by atoms with E-state index in [1.807, 2.05) is 26.0 Å². The van der Waals surface area contributed by atoms with Crippen LogP contribution in [-0.4, -0.2) is 45.1 Å². The first-order chi connectivity index (χ1) is 13.0. The van der Waals surface area contributed by atoms with Crippen molar-refractivity contribution < 1.29 is 17.6 Å². The topological polar surface area (TPSA) is 71.8 Å². The second kappa shape index (κ2) is 9.01. The number of rotatable bonds is 9.